The lowest BCUT2D eigenvalue weighted by atomic mass is 9.94. The van der Waals surface area contributed by atoms with Crippen molar-refractivity contribution in [2.24, 2.45) is 0 Å². The number of rotatable bonds is 5. The fraction of sp³-hybridized carbons (Fsp3) is 0.562. The minimum absolute atomic E-state index is 0.0295. The molecule has 5 heteroatoms. The van der Waals surface area contributed by atoms with Gasteiger partial charge in [-0.1, -0.05) is 18.2 Å². The van der Waals surface area contributed by atoms with E-state index in [0.29, 0.717) is 45.4 Å². The van der Waals surface area contributed by atoms with Crippen LogP contribution in [0.15, 0.2) is 24.3 Å². The van der Waals surface area contributed by atoms with Crippen LogP contribution in [0.4, 0.5) is 0 Å². The average molecular weight is 293 g/mol. The molecule has 1 fully saturated rings. The molecule has 1 aromatic carbocycles. The minimum atomic E-state index is -0.836. The van der Waals surface area contributed by atoms with Gasteiger partial charge in [-0.05, 0) is 18.1 Å². The van der Waals surface area contributed by atoms with Crippen LogP contribution in [0.5, 0.6) is 5.75 Å². The van der Waals surface area contributed by atoms with Crippen molar-refractivity contribution in [3.63, 3.8) is 0 Å². The van der Waals surface area contributed by atoms with Crippen LogP contribution in [-0.4, -0.2) is 53.4 Å². The third-order valence-electron chi connectivity index (χ3n) is 3.98. The Hall–Kier alpha value is -1.59. The second-order valence-corrected chi connectivity index (χ2v) is 5.72. The first-order valence-corrected chi connectivity index (χ1v) is 7.31. The number of carbonyl (C=O) groups excluding carboxylic acids is 1. The number of amides is 1. The van der Waals surface area contributed by atoms with Gasteiger partial charge in [0.15, 0.2) is 0 Å². The van der Waals surface area contributed by atoms with Crippen LogP contribution >= 0.6 is 0 Å². The molecule has 0 unspecified atom stereocenters. The molecule has 0 aliphatic carbocycles. The molecule has 5 nitrogen and oxygen atoms in total. The van der Waals surface area contributed by atoms with Gasteiger partial charge in [0.05, 0.1) is 5.60 Å². The summed E-state index contributed by atoms with van der Waals surface area (Å²) in [7, 11) is 1.71. The Morgan fingerprint density at radius 3 is 2.67 bits per heavy atom. The van der Waals surface area contributed by atoms with Crippen molar-refractivity contribution in [3.05, 3.63) is 29.8 Å². The number of aliphatic hydroxyl groups is 1. The van der Waals surface area contributed by atoms with Gasteiger partial charge in [0.25, 0.3) is 0 Å². The highest BCUT2D eigenvalue weighted by molar-refractivity contribution is 5.76. The van der Waals surface area contributed by atoms with E-state index in [4.69, 9.17) is 4.74 Å². The Labute approximate surface area is 125 Å². The Balaban J connectivity index is 1.84. The summed E-state index contributed by atoms with van der Waals surface area (Å²) < 4.78 is 5.23. The molecule has 0 atom stereocenters. The molecule has 2 N–H and O–H groups in total. The van der Waals surface area contributed by atoms with Crippen LogP contribution in [0.25, 0.3) is 0 Å². The van der Waals surface area contributed by atoms with E-state index in [9.17, 15) is 15.0 Å². The molecule has 1 saturated heterocycles. The smallest absolute Gasteiger partial charge is 0.222 e. The van der Waals surface area contributed by atoms with Crippen LogP contribution in [-0.2, 0) is 16.0 Å². The van der Waals surface area contributed by atoms with Crippen molar-refractivity contribution >= 4 is 5.91 Å². The molecule has 1 aliphatic rings. The molecule has 2 rings (SSSR count). The Morgan fingerprint density at radius 1 is 1.33 bits per heavy atom. The summed E-state index contributed by atoms with van der Waals surface area (Å²) in [5.74, 6) is 0.189. The van der Waals surface area contributed by atoms with Crippen LogP contribution in [0.1, 0.15) is 24.8 Å². The van der Waals surface area contributed by atoms with Crippen molar-refractivity contribution < 1.29 is 19.7 Å². The van der Waals surface area contributed by atoms with E-state index >= 15 is 0 Å². The largest absolute Gasteiger partial charge is 0.508 e. The first kappa shape index (κ1) is 15.8. The van der Waals surface area contributed by atoms with Gasteiger partial charge in [-0.15, -0.1) is 0 Å². The Kier molecular flexibility index (Phi) is 5.20. The number of hydrogen-bond acceptors (Lipinski definition) is 4. The number of benzene rings is 1. The summed E-state index contributed by atoms with van der Waals surface area (Å²) in [6.45, 7) is 1.41. The highest BCUT2D eigenvalue weighted by Gasteiger charge is 2.32. The zero-order chi connectivity index (χ0) is 15.3. The molecule has 21 heavy (non-hydrogen) atoms. The number of para-hydroxylation sites is 1. The fourth-order valence-electron chi connectivity index (χ4n) is 2.59. The molecule has 0 bridgehead atoms. The lowest BCUT2D eigenvalue weighted by molar-refractivity contribution is -0.136. The van der Waals surface area contributed by atoms with E-state index in [-0.39, 0.29) is 11.7 Å². The molecule has 1 aromatic rings. The van der Waals surface area contributed by atoms with E-state index in [1.807, 2.05) is 12.1 Å². The number of aryl methyl sites for hydroxylation is 1. The molecule has 116 valence electrons. The van der Waals surface area contributed by atoms with Gasteiger partial charge < -0.3 is 19.8 Å². The molecule has 1 heterocycles. The second kappa shape index (κ2) is 6.91. The lowest BCUT2D eigenvalue weighted by Crippen LogP contribution is -2.47. The van der Waals surface area contributed by atoms with E-state index in [1.165, 1.54) is 0 Å². The first-order valence-electron chi connectivity index (χ1n) is 7.31. The van der Waals surface area contributed by atoms with Gasteiger partial charge in [0.2, 0.25) is 5.91 Å². The zero-order valence-electron chi connectivity index (χ0n) is 12.4. The van der Waals surface area contributed by atoms with Crippen LogP contribution in [0.2, 0.25) is 0 Å². The second-order valence-electron chi connectivity index (χ2n) is 5.72. The normalized spacial score (nSPS) is 17.4. The number of nitrogens with zero attached hydrogens (tertiary/aromatic N) is 1. The fourth-order valence-corrected chi connectivity index (χ4v) is 2.59. The Morgan fingerprint density at radius 2 is 2.00 bits per heavy atom. The van der Waals surface area contributed by atoms with Crippen molar-refractivity contribution in [1.82, 2.24) is 4.90 Å². The van der Waals surface area contributed by atoms with Crippen molar-refractivity contribution in [2.75, 3.05) is 26.8 Å². The molecule has 0 aromatic heterocycles. The maximum absolute atomic E-state index is 12.1. The third-order valence-corrected chi connectivity index (χ3v) is 3.98. The van der Waals surface area contributed by atoms with E-state index in [1.54, 1.807) is 24.1 Å². The maximum Gasteiger partial charge on any atom is 0.222 e. The van der Waals surface area contributed by atoms with Gasteiger partial charge in [-0.25, -0.2) is 0 Å². The molecular formula is C16H23NO4. The number of carbonyl (C=O) groups is 1. The van der Waals surface area contributed by atoms with E-state index in [2.05, 4.69) is 0 Å². The van der Waals surface area contributed by atoms with Crippen molar-refractivity contribution in [1.29, 1.82) is 0 Å². The number of aromatic hydroxyl groups is 1. The highest BCUT2D eigenvalue weighted by Crippen LogP contribution is 2.22. The molecule has 0 spiro atoms. The summed E-state index contributed by atoms with van der Waals surface area (Å²) in [6.07, 6.45) is 1.94. The van der Waals surface area contributed by atoms with Crippen molar-refractivity contribution in [3.8, 4) is 5.75 Å². The van der Waals surface area contributed by atoms with Gasteiger partial charge in [0, 0.05) is 46.1 Å². The number of hydrogen-bond donors (Lipinski definition) is 2. The van der Waals surface area contributed by atoms with Crippen LogP contribution in [0, 0.1) is 0 Å². The first-order chi connectivity index (χ1) is 10.0. The predicted octanol–water partition coefficient (Wildman–Crippen LogP) is 1.32. The molecule has 0 radical (unpaired) electrons. The topological polar surface area (TPSA) is 70.0 Å². The summed E-state index contributed by atoms with van der Waals surface area (Å²) >= 11 is 0. The molecular weight excluding hydrogens is 270 g/mol. The average Bonchev–Trinajstić information content (AvgIpc) is 2.46. The van der Waals surface area contributed by atoms with E-state index < -0.39 is 5.60 Å². The van der Waals surface area contributed by atoms with Gasteiger partial charge in [0.1, 0.15) is 5.75 Å². The number of likely N-dealkylation sites (N-methyl/N-ethyl adjacent to an activating group) is 1. The maximum atomic E-state index is 12.1. The highest BCUT2D eigenvalue weighted by atomic mass is 16.5. The van der Waals surface area contributed by atoms with E-state index in [0.717, 1.165) is 5.56 Å². The third kappa shape index (κ3) is 4.44. The van der Waals surface area contributed by atoms with Crippen LogP contribution in [0.3, 0.4) is 0 Å². The van der Waals surface area contributed by atoms with Gasteiger partial charge in [-0.3, -0.25) is 4.79 Å². The van der Waals surface area contributed by atoms with Gasteiger partial charge in [-0.2, -0.15) is 0 Å². The predicted molar refractivity (Wildman–Crippen MR) is 79.1 cm³/mol. The summed E-state index contributed by atoms with van der Waals surface area (Å²) in [5.41, 5.74) is -0.0681. The summed E-state index contributed by atoms with van der Waals surface area (Å²) in [4.78, 5) is 13.7. The van der Waals surface area contributed by atoms with Crippen molar-refractivity contribution in [2.45, 2.75) is 31.3 Å². The van der Waals surface area contributed by atoms with Crippen LogP contribution < -0.4 is 0 Å². The standard InChI is InChI=1S/C16H23NO4/c1-17(12-16(20)8-10-21-11-9-16)15(19)7-6-13-4-2-3-5-14(13)18/h2-5,18,20H,6-12H2,1H3. The zero-order valence-corrected chi connectivity index (χ0v) is 12.4. The number of ether oxygens (including phenoxy) is 1. The summed E-state index contributed by atoms with van der Waals surface area (Å²) in [6, 6.07) is 7.03. The molecule has 0 saturated carbocycles. The quantitative estimate of drug-likeness (QED) is 0.859. The molecule has 1 aliphatic heterocycles. The minimum Gasteiger partial charge on any atom is -0.508 e. The lowest BCUT2D eigenvalue weighted by Gasteiger charge is -2.35. The number of phenolic OH excluding ortho intramolecular Hbond substituents is 1. The SMILES string of the molecule is CN(CC1(O)CCOCC1)C(=O)CCc1ccccc1O. The monoisotopic (exact) mass is 293 g/mol. The summed E-state index contributed by atoms with van der Waals surface area (Å²) in [5, 5.41) is 20.1. The number of phenols is 1. The Bertz CT molecular complexity index is 483. The molecule has 1 amide bonds. The van der Waals surface area contributed by atoms with Gasteiger partial charge >= 0.3 is 0 Å².